The van der Waals surface area contributed by atoms with Crippen LogP contribution in [0, 0.1) is 23.0 Å². The van der Waals surface area contributed by atoms with Crippen molar-refractivity contribution in [1.82, 2.24) is 10.6 Å². The lowest BCUT2D eigenvalue weighted by molar-refractivity contribution is -0.122. The van der Waals surface area contributed by atoms with Crippen LogP contribution in [0.15, 0.2) is 12.1 Å². The van der Waals surface area contributed by atoms with Crippen LogP contribution in [0.4, 0.5) is 8.78 Å². The molecule has 4 nitrogen and oxygen atoms in total. The highest BCUT2D eigenvalue weighted by atomic mass is 19.1. The molecule has 0 aliphatic carbocycles. The lowest BCUT2D eigenvalue weighted by Crippen LogP contribution is -2.42. The van der Waals surface area contributed by atoms with E-state index in [-0.39, 0.29) is 23.6 Å². The summed E-state index contributed by atoms with van der Waals surface area (Å²) in [7, 11) is 0. The zero-order valence-corrected chi connectivity index (χ0v) is 10.9. The van der Waals surface area contributed by atoms with Gasteiger partial charge in [-0.15, -0.1) is 0 Å². The van der Waals surface area contributed by atoms with Gasteiger partial charge in [-0.2, -0.15) is 5.26 Å². The van der Waals surface area contributed by atoms with Gasteiger partial charge < -0.3 is 10.6 Å². The Labute approximate surface area is 115 Å². The summed E-state index contributed by atoms with van der Waals surface area (Å²) in [5.41, 5.74) is -0.211. The Balaban J connectivity index is 2.07. The molecule has 1 heterocycles. The average molecular weight is 279 g/mol. The fraction of sp³-hybridized carbons (Fsp3) is 0.429. The van der Waals surface area contributed by atoms with E-state index >= 15 is 0 Å². The van der Waals surface area contributed by atoms with E-state index in [0.29, 0.717) is 13.0 Å². The van der Waals surface area contributed by atoms with Gasteiger partial charge in [0.25, 0.3) is 0 Å². The Morgan fingerprint density at radius 1 is 1.35 bits per heavy atom. The number of hydrogen-bond acceptors (Lipinski definition) is 3. The molecule has 6 heteroatoms. The smallest absolute Gasteiger partial charge is 0.237 e. The first kappa shape index (κ1) is 14.4. The van der Waals surface area contributed by atoms with Gasteiger partial charge in [0, 0.05) is 18.7 Å². The number of nitrogens with one attached hydrogen (secondary N) is 2. The first-order valence-corrected chi connectivity index (χ1v) is 6.51. The van der Waals surface area contributed by atoms with E-state index in [1.165, 1.54) is 0 Å². The molecule has 0 radical (unpaired) electrons. The monoisotopic (exact) mass is 279 g/mol. The van der Waals surface area contributed by atoms with Crippen molar-refractivity contribution in [2.45, 2.75) is 31.8 Å². The number of carbonyl (C=O) groups is 1. The highest BCUT2D eigenvalue weighted by molar-refractivity contribution is 5.81. The second-order valence-electron chi connectivity index (χ2n) is 4.75. The summed E-state index contributed by atoms with van der Waals surface area (Å²) in [6.07, 6.45) is 2.43. The van der Waals surface area contributed by atoms with Crippen molar-refractivity contribution in [3.63, 3.8) is 0 Å². The molecule has 0 spiro atoms. The van der Waals surface area contributed by atoms with E-state index in [1.807, 2.05) is 0 Å². The molecule has 1 aromatic carbocycles. The van der Waals surface area contributed by atoms with Crippen molar-refractivity contribution in [3.05, 3.63) is 34.9 Å². The van der Waals surface area contributed by atoms with E-state index in [4.69, 9.17) is 5.26 Å². The van der Waals surface area contributed by atoms with E-state index in [2.05, 4.69) is 10.6 Å². The maximum absolute atomic E-state index is 13.7. The maximum Gasteiger partial charge on any atom is 0.237 e. The average Bonchev–Trinajstić information content (AvgIpc) is 2.62. The molecule has 2 N–H and O–H groups in total. The van der Waals surface area contributed by atoms with Crippen LogP contribution in [0.1, 0.15) is 30.4 Å². The fourth-order valence-electron chi connectivity index (χ4n) is 2.20. The van der Waals surface area contributed by atoms with Crippen molar-refractivity contribution in [3.8, 4) is 6.07 Å². The molecule has 0 bridgehead atoms. The number of amides is 1. The molecule has 1 atom stereocenters. The largest absolute Gasteiger partial charge is 0.355 e. The van der Waals surface area contributed by atoms with Crippen LogP contribution in [0.2, 0.25) is 0 Å². The van der Waals surface area contributed by atoms with Crippen molar-refractivity contribution in [2.75, 3.05) is 6.54 Å². The molecule has 1 saturated heterocycles. The predicted molar refractivity (Wildman–Crippen MR) is 68.6 cm³/mol. The third-order valence-electron chi connectivity index (χ3n) is 3.33. The van der Waals surface area contributed by atoms with Crippen LogP contribution in [0.3, 0.4) is 0 Å². The molecule has 1 aliphatic heterocycles. The molecule has 1 fully saturated rings. The number of nitrogens with zero attached hydrogens (tertiary/aromatic N) is 1. The molecule has 1 amide bonds. The molecule has 20 heavy (non-hydrogen) atoms. The number of nitriles is 1. The highest BCUT2D eigenvalue weighted by Gasteiger charge is 2.21. The molecule has 1 aromatic rings. The van der Waals surface area contributed by atoms with Crippen molar-refractivity contribution < 1.29 is 13.6 Å². The van der Waals surface area contributed by atoms with Crippen molar-refractivity contribution in [2.24, 2.45) is 0 Å². The minimum absolute atomic E-state index is 0.0593. The summed E-state index contributed by atoms with van der Waals surface area (Å²) < 4.78 is 27.4. The molecular formula is C14H15F2N3O. The summed E-state index contributed by atoms with van der Waals surface area (Å²) in [5.74, 6) is -1.69. The third kappa shape index (κ3) is 3.31. The number of hydrogen-bond donors (Lipinski definition) is 2. The molecule has 1 unspecified atom stereocenters. The minimum Gasteiger partial charge on any atom is -0.355 e. The zero-order valence-electron chi connectivity index (χ0n) is 10.9. The van der Waals surface area contributed by atoms with E-state index < -0.39 is 17.7 Å². The first-order chi connectivity index (χ1) is 9.61. The Morgan fingerprint density at radius 3 is 2.70 bits per heavy atom. The third-order valence-corrected chi connectivity index (χ3v) is 3.33. The number of benzene rings is 1. The van der Waals surface area contributed by atoms with Gasteiger partial charge in [0.2, 0.25) is 5.91 Å². The van der Waals surface area contributed by atoms with E-state index in [9.17, 15) is 13.6 Å². The molecular weight excluding hydrogens is 264 g/mol. The Morgan fingerprint density at radius 2 is 2.05 bits per heavy atom. The molecule has 2 rings (SSSR count). The van der Waals surface area contributed by atoms with Gasteiger partial charge in [0.1, 0.15) is 11.6 Å². The molecule has 0 aromatic heterocycles. The van der Waals surface area contributed by atoms with Gasteiger partial charge in [-0.1, -0.05) is 0 Å². The number of carbonyl (C=O) groups excluding carboxylic acids is 1. The molecule has 1 aliphatic rings. The first-order valence-electron chi connectivity index (χ1n) is 6.51. The van der Waals surface area contributed by atoms with Gasteiger partial charge in [-0.25, -0.2) is 8.78 Å². The van der Waals surface area contributed by atoms with Gasteiger partial charge in [0.05, 0.1) is 17.7 Å². The lowest BCUT2D eigenvalue weighted by Gasteiger charge is -2.15. The van der Waals surface area contributed by atoms with E-state index in [0.717, 1.165) is 25.0 Å². The summed E-state index contributed by atoms with van der Waals surface area (Å²) in [6.45, 7) is 0.554. The van der Waals surface area contributed by atoms with Crippen LogP contribution >= 0.6 is 0 Å². The number of rotatable bonds is 3. The van der Waals surface area contributed by atoms with Gasteiger partial charge in [0.15, 0.2) is 0 Å². The minimum atomic E-state index is -0.775. The van der Waals surface area contributed by atoms with Crippen LogP contribution in [0.5, 0.6) is 0 Å². The zero-order chi connectivity index (χ0) is 14.5. The van der Waals surface area contributed by atoms with Crippen LogP contribution in [0.25, 0.3) is 0 Å². The normalized spacial score (nSPS) is 19.1. The predicted octanol–water partition coefficient (Wildman–Crippen LogP) is 1.59. The van der Waals surface area contributed by atoms with Gasteiger partial charge in [-0.05, 0) is 31.4 Å². The topological polar surface area (TPSA) is 64.9 Å². The Kier molecular flexibility index (Phi) is 4.64. The molecule has 106 valence electrons. The fourth-order valence-corrected chi connectivity index (χ4v) is 2.20. The van der Waals surface area contributed by atoms with Gasteiger partial charge >= 0.3 is 0 Å². The van der Waals surface area contributed by atoms with Crippen LogP contribution in [-0.4, -0.2) is 18.5 Å². The van der Waals surface area contributed by atoms with Gasteiger partial charge in [-0.3, -0.25) is 4.79 Å². The molecule has 0 saturated carbocycles. The Hall–Kier alpha value is -2.00. The summed E-state index contributed by atoms with van der Waals surface area (Å²) in [6, 6.07) is 3.24. The summed E-state index contributed by atoms with van der Waals surface area (Å²) in [4.78, 5) is 11.7. The Bertz CT molecular complexity index is 531. The summed E-state index contributed by atoms with van der Waals surface area (Å²) in [5, 5.41) is 14.2. The van der Waals surface area contributed by atoms with Crippen molar-refractivity contribution >= 4 is 5.91 Å². The quantitative estimate of drug-likeness (QED) is 0.883. The van der Waals surface area contributed by atoms with Crippen LogP contribution in [-0.2, 0) is 11.3 Å². The highest BCUT2D eigenvalue weighted by Crippen LogP contribution is 2.16. The van der Waals surface area contributed by atoms with Crippen molar-refractivity contribution in [1.29, 1.82) is 5.26 Å². The second kappa shape index (κ2) is 6.44. The number of halogens is 2. The standard InChI is InChI=1S/C14H15F2N3O/c15-11-5-9(7-17)6-12(16)10(11)8-19-13-3-1-2-4-18-14(13)20/h5-6,13,19H,1-4,8H2,(H,18,20). The summed E-state index contributed by atoms with van der Waals surface area (Å²) >= 11 is 0. The maximum atomic E-state index is 13.7. The lowest BCUT2D eigenvalue weighted by atomic mass is 10.1. The van der Waals surface area contributed by atoms with Crippen LogP contribution < -0.4 is 10.6 Å². The van der Waals surface area contributed by atoms with E-state index in [1.54, 1.807) is 6.07 Å². The second-order valence-corrected chi connectivity index (χ2v) is 4.75. The SMILES string of the molecule is N#Cc1cc(F)c(CNC2CCCCNC2=O)c(F)c1.